The number of aliphatic hydroxyl groups is 1. The topological polar surface area (TPSA) is 23.5 Å². The average Bonchev–Trinajstić information content (AvgIpc) is 2.49. The molecule has 2 nitrogen and oxygen atoms in total. The van der Waals surface area contributed by atoms with Crippen molar-refractivity contribution < 1.29 is 5.11 Å². The van der Waals surface area contributed by atoms with E-state index in [0.29, 0.717) is 0 Å². The first-order chi connectivity index (χ1) is 10.2. The van der Waals surface area contributed by atoms with E-state index in [9.17, 15) is 0 Å². The first kappa shape index (κ1) is 15.3. The molecule has 1 N–H and O–H groups in total. The fourth-order valence-electron chi connectivity index (χ4n) is 2.34. The lowest BCUT2D eigenvalue weighted by Gasteiger charge is -2.19. The number of aryl methyl sites for hydroxylation is 1. The normalized spacial score (nSPS) is 10.3. The van der Waals surface area contributed by atoms with Crippen LogP contribution < -0.4 is 0 Å². The van der Waals surface area contributed by atoms with Crippen molar-refractivity contribution in [3.05, 3.63) is 70.8 Å². The lowest BCUT2D eigenvalue weighted by molar-refractivity contribution is 0.318. The Bertz CT molecular complexity index is 652. The second-order valence-corrected chi connectivity index (χ2v) is 5.22. The van der Waals surface area contributed by atoms with Crippen LogP contribution in [0.25, 0.3) is 0 Å². The van der Waals surface area contributed by atoms with Crippen molar-refractivity contribution in [2.24, 2.45) is 0 Å². The average molecular weight is 279 g/mol. The monoisotopic (exact) mass is 279 g/mol. The van der Waals surface area contributed by atoms with Gasteiger partial charge in [-0.25, -0.2) is 0 Å². The lowest BCUT2D eigenvalue weighted by Crippen LogP contribution is -2.18. The van der Waals surface area contributed by atoms with Gasteiger partial charge in [-0.3, -0.25) is 4.90 Å². The van der Waals surface area contributed by atoms with E-state index in [1.807, 2.05) is 18.2 Å². The number of benzene rings is 2. The summed E-state index contributed by atoms with van der Waals surface area (Å²) in [6.45, 7) is 3.79. The van der Waals surface area contributed by atoms with Crippen LogP contribution in [0.1, 0.15) is 22.3 Å². The summed E-state index contributed by atoms with van der Waals surface area (Å²) in [5.74, 6) is 5.74. The first-order valence-corrected chi connectivity index (χ1v) is 7.11. The van der Waals surface area contributed by atoms with Gasteiger partial charge in [0.1, 0.15) is 6.61 Å². The number of aliphatic hydroxyl groups excluding tert-OH is 1. The van der Waals surface area contributed by atoms with Gasteiger partial charge in [0.05, 0.1) is 0 Å². The highest BCUT2D eigenvalue weighted by molar-refractivity contribution is 5.41. The quantitative estimate of drug-likeness (QED) is 0.870. The van der Waals surface area contributed by atoms with Crippen molar-refractivity contribution in [2.45, 2.75) is 20.0 Å². The van der Waals surface area contributed by atoms with Crippen molar-refractivity contribution in [1.29, 1.82) is 0 Å². The molecule has 0 aromatic heterocycles. The second-order valence-electron chi connectivity index (χ2n) is 5.22. The molecule has 0 aliphatic carbocycles. The molecule has 2 aromatic carbocycles. The fourth-order valence-corrected chi connectivity index (χ4v) is 2.34. The molecule has 2 heteroatoms. The largest absolute Gasteiger partial charge is 0.384 e. The zero-order valence-electron chi connectivity index (χ0n) is 12.6. The minimum atomic E-state index is -0.104. The van der Waals surface area contributed by atoms with Crippen molar-refractivity contribution in [3.8, 4) is 11.8 Å². The highest BCUT2D eigenvalue weighted by atomic mass is 16.2. The van der Waals surface area contributed by atoms with Crippen LogP contribution in [0.15, 0.2) is 48.5 Å². The van der Waals surface area contributed by atoms with Crippen molar-refractivity contribution in [3.63, 3.8) is 0 Å². The summed E-state index contributed by atoms with van der Waals surface area (Å²) in [4.78, 5) is 2.28. The highest BCUT2D eigenvalue weighted by Crippen LogP contribution is 2.14. The van der Waals surface area contributed by atoms with Crippen molar-refractivity contribution >= 4 is 0 Å². The first-order valence-electron chi connectivity index (χ1n) is 7.11. The molecular weight excluding hydrogens is 258 g/mol. The predicted octanol–water partition coefficient (Wildman–Crippen LogP) is 2.97. The van der Waals surface area contributed by atoms with Crippen LogP contribution in [0.2, 0.25) is 0 Å². The summed E-state index contributed by atoms with van der Waals surface area (Å²) in [5, 5.41) is 8.84. The predicted molar refractivity (Wildman–Crippen MR) is 86.8 cm³/mol. The molecule has 0 unspecified atom stereocenters. The van der Waals surface area contributed by atoms with Gasteiger partial charge in [0.25, 0.3) is 0 Å². The molecule has 0 amide bonds. The third-order valence-electron chi connectivity index (χ3n) is 3.46. The van der Waals surface area contributed by atoms with Crippen LogP contribution in [0, 0.1) is 18.8 Å². The molecule has 0 aliphatic heterocycles. The van der Waals surface area contributed by atoms with E-state index in [-0.39, 0.29) is 6.61 Å². The van der Waals surface area contributed by atoms with Gasteiger partial charge in [0.15, 0.2) is 0 Å². The fraction of sp³-hybridized carbons (Fsp3) is 0.263. The molecule has 0 fully saturated rings. The van der Waals surface area contributed by atoms with Crippen LogP contribution in [0.5, 0.6) is 0 Å². The Labute approximate surface area is 127 Å². The Morgan fingerprint density at radius 3 is 2.29 bits per heavy atom. The van der Waals surface area contributed by atoms with Crippen LogP contribution in [-0.2, 0) is 13.1 Å². The number of nitrogens with zero attached hydrogens (tertiary/aromatic N) is 1. The van der Waals surface area contributed by atoms with E-state index >= 15 is 0 Å². The summed E-state index contributed by atoms with van der Waals surface area (Å²) in [6.07, 6.45) is 0. The van der Waals surface area contributed by atoms with Crippen molar-refractivity contribution in [1.82, 2.24) is 4.90 Å². The van der Waals surface area contributed by atoms with E-state index in [1.165, 1.54) is 16.7 Å². The summed E-state index contributed by atoms with van der Waals surface area (Å²) >= 11 is 0. The van der Waals surface area contributed by atoms with Gasteiger partial charge in [-0.1, -0.05) is 54.3 Å². The highest BCUT2D eigenvalue weighted by Gasteiger charge is 2.06. The standard InChI is InChI=1S/C19H21NO/c1-16-8-3-4-10-18(16)14-20(2)15-19-11-6-5-9-17(19)12-7-13-21/h3-6,8-11,21H,13-15H2,1-2H3. The molecule has 0 saturated heterocycles. The molecule has 0 atom stereocenters. The number of hydrogen-bond donors (Lipinski definition) is 1. The molecule has 0 bridgehead atoms. The Kier molecular flexibility index (Phi) is 5.57. The summed E-state index contributed by atoms with van der Waals surface area (Å²) in [5.41, 5.74) is 4.84. The molecule has 0 spiro atoms. The molecule has 0 heterocycles. The van der Waals surface area contributed by atoms with Gasteiger partial charge >= 0.3 is 0 Å². The Balaban J connectivity index is 2.10. The van der Waals surface area contributed by atoms with Crippen molar-refractivity contribution in [2.75, 3.05) is 13.7 Å². The zero-order chi connectivity index (χ0) is 15.1. The third-order valence-corrected chi connectivity index (χ3v) is 3.46. The summed E-state index contributed by atoms with van der Waals surface area (Å²) in [6, 6.07) is 16.6. The van der Waals surface area contributed by atoms with E-state index in [4.69, 9.17) is 5.11 Å². The maximum Gasteiger partial charge on any atom is 0.104 e. The zero-order valence-corrected chi connectivity index (χ0v) is 12.6. The summed E-state index contributed by atoms with van der Waals surface area (Å²) in [7, 11) is 2.11. The van der Waals surface area contributed by atoms with Gasteiger partial charge in [-0.15, -0.1) is 0 Å². The minimum absolute atomic E-state index is 0.104. The minimum Gasteiger partial charge on any atom is -0.384 e. The number of rotatable bonds is 4. The molecule has 0 radical (unpaired) electrons. The summed E-state index contributed by atoms with van der Waals surface area (Å²) < 4.78 is 0. The third kappa shape index (κ3) is 4.46. The van der Waals surface area contributed by atoms with Crippen LogP contribution in [0.3, 0.4) is 0 Å². The van der Waals surface area contributed by atoms with Crippen LogP contribution in [-0.4, -0.2) is 23.7 Å². The van der Waals surface area contributed by atoms with Crippen LogP contribution in [0.4, 0.5) is 0 Å². The van der Waals surface area contributed by atoms with Gasteiger partial charge in [0.2, 0.25) is 0 Å². The van der Waals surface area contributed by atoms with Crippen LogP contribution >= 0.6 is 0 Å². The SMILES string of the molecule is Cc1ccccc1CN(C)Cc1ccccc1C#CCO. The van der Waals surface area contributed by atoms with E-state index in [0.717, 1.165) is 18.7 Å². The maximum atomic E-state index is 8.84. The molecular formula is C19H21NO. The van der Waals surface area contributed by atoms with Gasteiger partial charge in [0, 0.05) is 18.7 Å². The van der Waals surface area contributed by atoms with E-state index in [2.05, 4.69) is 61.0 Å². The molecule has 2 rings (SSSR count). The van der Waals surface area contributed by atoms with E-state index < -0.39 is 0 Å². The Morgan fingerprint density at radius 1 is 0.952 bits per heavy atom. The maximum absolute atomic E-state index is 8.84. The second kappa shape index (κ2) is 7.64. The molecule has 0 saturated carbocycles. The van der Waals surface area contributed by atoms with Gasteiger partial charge in [-0.05, 0) is 36.7 Å². The molecule has 21 heavy (non-hydrogen) atoms. The number of hydrogen-bond acceptors (Lipinski definition) is 2. The Hall–Kier alpha value is -2.08. The molecule has 0 aliphatic rings. The van der Waals surface area contributed by atoms with Gasteiger partial charge in [-0.2, -0.15) is 0 Å². The van der Waals surface area contributed by atoms with E-state index in [1.54, 1.807) is 0 Å². The smallest absolute Gasteiger partial charge is 0.104 e. The Morgan fingerprint density at radius 2 is 1.57 bits per heavy atom. The molecule has 2 aromatic rings. The molecule has 108 valence electrons. The lowest BCUT2D eigenvalue weighted by atomic mass is 10.1. The van der Waals surface area contributed by atoms with Gasteiger partial charge < -0.3 is 5.11 Å².